The van der Waals surface area contributed by atoms with Gasteiger partial charge in [-0.25, -0.2) is 0 Å². The number of carbonyl (C=O) groups excluding carboxylic acids is 1. The second kappa shape index (κ2) is 7.79. The number of primary amides is 1. The van der Waals surface area contributed by atoms with Crippen molar-refractivity contribution in [2.75, 3.05) is 13.1 Å². The molecular formula is C17H29N3O. The van der Waals surface area contributed by atoms with Gasteiger partial charge in [0.05, 0.1) is 12.0 Å². The molecule has 1 saturated heterocycles. The fraction of sp³-hybridized carbons (Fsp3) is 0.882. The van der Waals surface area contributed by atoms with Gasteiger partial charge < -0.3 is 5.73 Å². The zero-order valence-corrected chi connectivity index (χ0v) is 13.3. The molecule has 2 N–H and O–H groups in total. The average molecular weight is 291 g/mol. The summed E-state index contributed by atoms with van der Waals surface area (Å²) in [6, 6.07) is 2.98. The van der Waals surface area contributed by atoms with Crippen molar-refractivity contribution in [3.63, 3.8) is 0 Å². The van der Waals surface area contributed by atoms with E-state index >= 15 is 0 Å². The molecule has 21 heavy (non-hydrogen) atoms. The quantitative estimate of drug-likeness (QED) is 0.846. The first kappa shape index (κ1) is 16.3. The largest absolute Gasteiger partial charge is 0.370 e. The van der Waals surface area contributed by atoms with Crippen LogP contribution in [-0.4, -0.2) is 29.9 Å². The highest BCUT2D eigenvalue weighted by atomic mass is 16.1. The Morgan fingerprint density at radius 3 is 2.52 bits per heavy atom. The third-order valence-electron chi connectivity index (χ3n) is 5.40. The third kappa shape index (κ3) is 4.44. The van der Waals surface area contributed by atoms with E-state index in [1.807, 2.05) is 0 Å². The lowest BCUT2D eigenvalue weighted by molar-refractivity contribution is -0.119. The highest BCUT2D eigenvalue weighted by molar-refractivity contribution is 5.73. The summed E-state index contributed by atoms with van der Waals surface area (Å²) in [5, 5.41) is 9.44. The first-order chi connectivity index (χ1) is 10.1. The molecule has 0 bridgehead atoms. The smallest absolute Gasteiger partial charge is 0.217 e. The second-order valence-electron chi connectivity index (χ2n) is 6.92. The van der Waals surface area contributed by atoms with Crippen LogP contribution in [0.15, 0.2) is 0 Å². The van der Waals surface area contributed by atoms with Gasteiger partial charge in [-0.3, -0.25) is 9.69 Å². The number of piperidine rings is 1. The molecule has 3 unspecified atom stereocenters. The first-order valence-electron chi connectivity index (χ1n) is 8.56. The van der Waals surface area contributed by atoms with Gasteiger partial charge in [0.2, 0.25) is 5.91 Å². The number of nitrogens with two attached hydrogens (primary N) is 1. The minimum absolute atomic E-state index is 0.177. The summed E-state index contributed by atoms with van der Waals surface area (Å²) in [6.45, 7) is 4.31. The Morgan fingerprint density at radius 1 is 1.24 bits per heavy atom. The number of carbonyl (C=O) groups is 1. The summed E-state index contributed by atoms with van der Waals surface area (Å²) >= 11 is 0. The number of nitrogens with zero attached hydrogens (tertiary/aromatic N) is 2. The van der Waals surface area contributed by atoms with Crippen LogP contribution in [0.2, 0.25) is 0 Å². The van der Waals surface area contributed by atoms with Crippen LogP contribution in [0.4, 0.5) is 0 Å². The normalized spacial score (nSPS) is 31.7. The van der Waals surface area contributed by atoms with Crippen molar-refractivity contribution < 1.29 is 4.79 Å². The molecule has 118 valence electrons. The van der Waals surface area contributed by atoms with Crippen molar-refractivity contribution >= 4 is 5.91 Å². The van der Waals surface area contributed by atoms with Gasteiger partial charge in [-0.1, -0.05) is 19.8 Å². The van der Waals surface area contributed by atoms with Gasteiger partial charge in [0.25, 0.3) is 0 Å². The predicted octanol–water partition coefficient (Wildman–Crippen LogP) is 2.68. The SMILES string of the molecule is CCCC1CCC(C#N)C(N2CCC(CC(N)=O)CC2)C1. The Labute approximate surface area is 128 Å². The third-order valence-corrected chi connectivity index (χ3v) is 5.40. The Balaban J connectivity index is 1.90. The molecule has 0 radical (unpaired) electrons. The predicted molar refractivity (Wildman–Crippen MR) is 83.2 cm³/mol. The van der Waals surface area contributed by atoms with Crippen LogP contribution < -0.4 is 5.73 Å². The zero-order chi connectivity index (χ0) is 15.2. The van der Waals surface area contributed by atoms with Crippen LogP contribution >= 0.6 is 0 Å². The number of nitriles is 1. The van der Waals surface area contributed by atoms with Gasteiger partial charge in [0.1, 0.15) is 0 Å². The summed E-state index contributed by atoms with van der Waals surface area (Å²) in [7, 11) is 0. The molecule has 1 aliphatic carbocycles. The summed E-state index contributed by atoms with van der Waals surface area (Å²) in [5.74, 6) is 1.28. The number of amides is 1. The maximum atomic E-state index is 11.0. The Morgan fingerprint density at radius 2 is 1.95 bits per heavy atom. The van der Waals surface area contributed by atoms with Crippen LogP contribution in [0.3, 0.4) is 0 Å². The zero-order valence-electron chi connectivity index (χ0n) is 13.3. The number of hydrogen-bond acceptors (Lipinski definition) is 3. The van der Waals surface area contributed by atoms with Crippen molar-refractivity contribution in [3.8, 4) is 6.07 Å². The lowest BCUT2D eigenvalue weighted by Crippen LogP contribution is -2.48. The van der Waals surface area contributed by atoms with Crippen molar-refractivity contribution in [1.29, 1.82) is 5.26 Å². The van der Waals surface area contributed by atoms with Gasteiger partial charge in [-0.2, -0.15) is 5.26 Å². The molecule has 0 aromatic heterocycles. The van der Waals surface area contributed by atoms with Gasteiger partial charge in [0, 0.05) is 12.5 Å². The van der Waals surface area contributed by atoms with Crippen molar-refractivity contribution in [2.45, 2.75) is 64.3 Å². The Hall–Kier alpha value is -1.08. The molecule has 2 aliphatic rings. The van der Waals surface area contributed by atoms with Crippen molar-refractivity contribution in [3.05, 3.63) is 0 Å². The standard InChI is InChI=1S/C17H29N3O/c1-2-3-13-4-5-15(12-18)16(10-13)20-8-6-14(7-9-20)11-17(19)21/h13-16H,2-11H2,1H3,(H2,19,21). The average Bonchev–Trinajstić information content (AvgIpc) is 2.48. The van der Waals surface area contributed by atoms with Gasteiger partial charge in [-0.15, -0.1) is 0 Å². The van der Waals surface area contributed by atoms with E-state index in [-0.39, 0.29) is 11.8 Å². The minimum Gasteiger partial charge on any atom is -0.370 e. The van der Waals surface area contributed by atoms with E-state index in [4.69, 9.17) is 5.73 Å². The molecule has 1 heterocycles. The van der Waals surface area contributed by atoms with Crippen molar-refractivity contribution in [2.24, 2.45) is 23.5 Å². The fourth-order valence-electron chi connectivity index (χ4n) is 4.23. The number of rotatable bonds is 5. The van der Waals surface area contributed by atoms with E-state index in [0.29, 0.717) is 18.4 Å². The molecule has 4 nitrogen and oxygen atoms in total. The van der Waals surface area contributed by atoms with Crippen LogP contribution in [0, 0.1) is 29.1 Å². The van der Waals surface area contributed by atoms with Gasteiger partial charge >= 0.3 is 0 Å². The molecular weight excluding hydrogens is 262 g/mol. The van der Waals surface area contributed by atoms with E-state index in [9.17, 15) is 10.1 Å². The highest BCUT2D eigenvalue weighted by Gasteiger charge is 2.35. The van der Waals surface area contributed by atoms with Crippen LogP contribution in [0.5, 0.6) is 0 Å². The second-order valence-corrected chi connectivity index (χ2v) is 6.92. The van der Waals surface area contributed by atoms with Gasteiger partial charge in [-0.05, 0) is 57.0 Å². The summed E-state index contributed by atoms with van der Waals surface area (Å²) in [4.78, 5) is 13.6. The summed E-state index contributed by atoms with van der Waals surface area (Å²) < 4.78 is 0. The molecule has 2 rings (SSSR count). The van der Waals surface area contributed by atoms with E-state index in [0.717, 1.165) is 38.3 Å². The van der Waals surface area contributed by atoms with E-state index in [1.54, 1.807) is 0 Å². The number of likely N-dealkylation sites (tertiary alicyclic amines) is 1. The molecule has 1 aliphatic heterocycles. The van der Waals surface area contributed by atoms with E-state index in [1.165, 1.54) is 25.7 Å². The molecule has 1 amide bonds. The molecule has 0 aromatic rings. The van der Waals surface area contributed by atoms with Gasteiger partial charge in [0.15, 0.2) is 0 Å². The van der Waals surface area contributed by atoms with Crippen LogP contribution in [-0.2, 0) is 4.79 Å². The number of hydrogen-bond donors (Lipinski definition) is 1. The maximum Gasteiger partial charge on any atom is 0.217 e. The molecule has 1 saturated carbocycles. The highest BCUT2D eigenvalue weighted by Crippen LogP contribution is 2.36. The Bertz CT molecular complexity index is 382. The molecule has 4 heteroatoms. The van der Waals surface area contributed by atoms with Crippen molar-refractivity contribution in [1.82, 2.24) is 4.90 Å². The molecule has 0 spiro atoms. The van der Waals surface area contributed by atoms with E-state index < -0.39 is 0 Å². The summed E-state index contributed by atoms with van der Waals surface area (Å²) in [6.07, 6.45) is 8.65. The first-order valence-corrected chi connectivity index (χ1v) is 8.56. The fourth-order valence-corrected chi connectivity index (χ4v) is 4.23. The van der Waals surface area contributed by atoms with Crippen LogP contribution in [0.1, 0.15) is 58.3 Å². The van der Waals surface area contributed by atoms with E-state index in [2.05, 4.69) is 17.9 Å². The molecule has 2 fully saturated rings. The van der Waals surface area contributed by atoms with Crippen LogP contribution in [0.25, 0.3) is 0 Å². The lowest BCUT2D eigenvalue weighted by atomic mass is 9.75. The molecule has 0 aromatic carbocycles. The minimum atomic E-state index is -0.177. The summed E-state index contributed by atoms with van der Waals surface area (Å²) in [5.41, 5.74) is 5.30. The maximum absolute atomic E-state index is 11.0. The molecule has 3 atom stereocenters. The lowest BCUT2D eigenvalue weighted by Gasteiger charge is -2.43. The monoisotopic (exact) mass is 291 g/mol. The topological polar surface area (TPSA) is 70.1 Å². The Kier molecular flexibility index (Phi) is 6.05.